The molecule has 0 fully saturated rings. The second kappa shape index (κ2) is 8.37. The van der Waals surface area contributed by atoms with Gasteiger partial charge in [-0.25, -0.2) is 4.79 Å². The summed E-state index contributed by atoms with van der Waals surface area (Å²) in [5, 5.41) is 12.0. The van der Waals surface area contributed by atoms with Crippen molar-refractivity contribution in [3.8, 4) is 5.75 Å². The van der Waals surface area contributed by atoms with Crippen molar-refractivity contribution in [1.82, 2.24) is 5.32 Å². The van der Waals surface area contributed by atoms with Crippen molar-refractivity contribution in [2.75, 3.05) is 7.11 Å². The number of carbonyl (C=O) groups is 2. The average Bonchev–Trinajstić information content (AvgIpc) is 3.05. The second-order valence-electron chi connectivity index (χ2n) is 5.87. The van der Waals surface area contributed by atoms with Crippen LogP contribution in [0.3, 0.4) is 0 Å². The van der Waals surface area contributed by atoms with Crippen LogP contribution in [0.1, 0.15) is 52.5 Å². The van der Waals surface area contributed by atoms with Crippen LogP contribution in [-0.2, 0) is 12.8 Å². The Balaban J connectivity index is 1.92. The summed E-state index contributed by atoms with van der Waals surface area (Å²) >= 11 is 0. The molecule has 1 unspecified atom stereocenters. The van der Waals surface area contributed by atoms with E-state index in [0.29, 0.717) is 12.2 Å². The van der Waals surface area contributed by atoms with Crippen molar-refractivity contribution in [2.45, 2.75) is 39.2 Å². The molecule has 2 aromatic rings. The Bertz CT molecular complexity index is 733. The molecule has 1 heterocycles. The number of furan rings is 1. The number of carboxylic acids is 1. The van der Waals surface area contributed by atoms with Crippen LogP contribution in [-0.4, -0.2) is 30.1 Å². The SMILES string of the molecule is CCc1oc(C(=O)NC(C)CCc2ccc(OC)cc2)cc1C(=O)O. The molecule has 0 aliphatic carbocycles. The lowest BCUT2D eigenvalue weighted by molar-refractivity contribution is 0.0694. The van der Waals surface area contributed by atoms with Gasteiger partial charge in [-0.3, -0.25) is 4.79 Å². The molecule has 0 aliphatic rings. The Morgan fingerprint density at radius 3 is 2.48 bits per heavy atom. The maximum atomic E-state index is 12.2. The Kier molecular flexibility index (Phi) is 6.22. The van der Waals surface area contributed by atoms with Gasteiger partial charge in [0.25, 0.3) is 5.91 Å². The molecule has 2 N–H and O–H groups in total. The first-order chi connectivity index (χ1) is 11.9. The van der Waals surface area contributed by atoms with Gasteiger partial charge in [-0.05, 0) is 37.5 Å². The first-order valence-corrected chi connectivity index (χ1v) is 8.24. The maximum Gasteiger partial charge on any atom is 0.339 e. The van der Waals surface area contributed by atoms with Crippen LogP contribution in [0.4, 0.5) is 0 Å². The van der Waals surface area contributed by atoms with Gasteiger partial charge in [0.2, 0.25) is 0 Å². The van der Waals surface area contributed by atoms with E-state index in [0.717, 1.165) is 24.2 Å². The van der Waals surface area contributed by atoms with E-state index in [1.54, 1.807) is 14.0 Å². The minimum Gasteiger partial charge on any atom is -0.497 e. The number of nitrogens with one attached hydrogen (secondary N) is 1. The summed E-state index contributed by atoms with van der Waals surface area (Å²) < 4.78 is 10.5. The molecule has 1 amide bonds. The number of ether oxygens (including phenoxy) is 1. The Hall–Kier alpha value is -2.76. The van der Waals surface area contributed by atoms with E-state index in [4.69, 9.17) is 14.3 Å². The molecule has 0 radical (unpaired) electrons. The van der Waals surface area contributed by atoms with E-state index in [-0.39, 0.29) is 17.4 Å². The van der Waals surface area contributed by atoms with Gasteiger partial charge in [0.1, 0.15) is 17.1 Å². The normalized spacial score (nSPS) is 11.8. The Labute approximate surface area is 146 Å². The van der Waals surface area contributed by atoms with Crippen molar-refractivity contribution in [1.29, 1.82) is 0 Å². The lowest BCUT2D eigenvalue weighted by Gasteiger charge is -2.13. The number of aryl methyl sites for hydroxylation is 2. The fourth-order valence-corrected chi connectivity index (χ4v) is 2.53. The molecular weight excluding hydrogens is 322 g/mol. The molecule has 6 heteroatoms. The molecule has 1 aromatic carbocycles. The van der Waals surface area contributed by atoms with Crippen LogP contribution in [0.25, 0.3) is 0 Å². The third-order valence-corrected chi connectivity index (χ3v) is 3.99. The molecule has 0 bridgehead atoms. The zero-order valence-corrected chi connectivity index (χ0v) is 14.7. The Morgan fingerprint density at radius 1 is 1.28 bits per heavy atom. The minimum absolute atomic E-state index is 0.0329. The number of hydrogen-bond acceptors (Lipinski definition) is 4. The van der Waals surface area contributed by atoms with E-state index >= 15 is 0 Å². The highest BCUT2D eigenvalue weighted by Crippen LogP contribution is 2.17. The molecular formula is C19H23NO5. The molecule has 6 nitrogen and oxygen atoms in total. The zero-order valence-electron chi connectivity index (χ0n) is 14.7. The van der Waals surface area contributed by atoms with Crippen LogP contribution in [0, 0.1) is 0 Å². The number of carboxylic acid groups (broad SMARTS) is 1. The monoisotopic (exact) mass is 345 g/mol. The van der Waals surface area contributed by atoms with E-state index in [1.807, 2.05) is 31.2 Å². The number of benzene rings is 1. The summed E-state index contributed by atoms with van der Waals surface area (Å²) in [5.41, 5.74) is 1.19. The number of rotatable bonds is 8. The minimum atomic E-state index is -1.09. The number of aromatic carboxylic acids is 1. The first-order valence-electron chi connectivity index (χ1n) is 8.24. The number of methoxy groups -OCH3 is 1. The summed E-state index contributed by atoms with van der Waals surface area (Å²) in [6, 6.07) is 9.01. The third kappa shape index (κ3) is 4.86. The topological polar surface area (TPSA) is 88.8 Å². The fraction of sp³-hybridized carbons (Fsp3) is 0.368. The van der Waals surface area contributed by atoms with Crippen LogP contribution in [0.2, 0.25) is 0 Å². The lowest BCUT2D eigenvalue weighted by atomic mass is 10.1. The molecule has 1 aromatic heterocycles. The van der Waals surface area contributed by atoms with Gasteiger partial charge in [-0.1, -0.05) is 19.1 Å². The van der Waals surface area contributed by atoms with E-state index in [2.05, 4.69) is 5.32 Å². The zero-order chi connectivity index (χ0) is 18.4. The maximum absolute atomic E-state index is 12.2. The summed E-state index contributed by atoms with van der Waals surface area (Å²) in [6.45, 7) is 3.69. The predicted octanol–water partition coefficient (Wildman–Crippen LogP) is 3.30. The van der Waals surface area contributed by atoms with Gasteiger partial charge in [0, 0.05) is 18.5 Å². The van der Waals surface area contributed by atoms with Crippen molar-refractivity contribution in [3.63, 3.8) is 0 Å². The predicted molar refractivity (Wildman–Crippen MR) is 93.3 cm³/mol. The van der Waals surface area contributed by atoms with Gasteiger partial charge < -0.3 is 19.6 Å². The van der Waals surface area contributed by atoms with E-state index in [1.165, 1.54) is 6.07 Å². The summed E-state index contributed by atoms with van der Waals surface area (Å²) in [5.74, 6) is -0.338. The van der Waals surface area contributed by atoms with Crippen molar-refractivity contribution in [3.05, 3.63) is 53.0 Å². The van der Waals surface area contributed by atoms with E-state index in [9.17, 15) is 9.59 Å². The molecule has 0 saturated carbocycles. The smallest absolute Gasteiger partial charge is 0.339 e. The highest BCUT2D eigenvalue weighted by molar-refractivity contribution is 5.96. The summed E-state index contributed by atoms with van der Waals surface area (Å²) in [6.07, 6.45) is 1.98. The van der Waals surface area contributed by atoms with Gasteiger partial charge in [-0.15, -0.1) is 0 Å². The average molecular weight is 345 g/mol. The number of hydrogen-bond donors (Lipinski definition) is 2. The van der Waals surface area contributed by atoms with Crippen LogP contribution >= 0.6 is 0 Å². The molecule has 134 valence electrons. The van der Waals surface area contributed by atoms with Gasteiger partial charge in [0.05, 0.1) is 7.11 Å². The number of carbonyl (C=O) groups excluding carboxylic acids is 1. The number of amides is 1. The van der Waals surface area contributed by atoms with Crippen LogP contribution in [0.15, 0.2) is 34.7 Å². The molecule has 1 atom stereocenters. The first kappa shape index (κ1) is 18.6. The van der Waals surface area contributed by atoms with E-state index < -0.39 is 11.9 Å². The van der Waals surface area contributed by atoms with Gasteiger partial charge >= 0.3 is 5.97 Å². The van der Waals surface area contributed by atoms with Crippen molar-refractivity contribution in [2.24, 2.45) is 0 Å². The molecule has 0 saturated heterocycles. The lowest BCUT2D eigenvalue weighted by Crippen LogP contribution is -2.32. The third-order valence-electron chi connectivity index (χ3n) is 3.99. The molecule has 0 aliphatic heterocycles. The van der Waals surface area contributed by atoms with Crippen LogP contribution < -0.4 is 10.1 Å². The van der Waals surface area contributed by atoms with Crippen molar-refractivity contribution < 1.29 is 23.8 Å². The van der Waals surface area contributed by atoms with Crippen molar-refractivity contribution >= 4 is 11.9 Å². The highest BCUT2D eigenvalue weighted by atomic mass is 16.5. The van der Waals surface area contributed by atoms with Gasteiger partial charge in [-0.2, -0.15) is 0 Å². The quantitative estimate of drug-likeness (QED) is 0.766. The largest absolute Gasteiger partial charge is 0.497 e. The summed E-state index contributed by atoms with van der Waals surface area (Å²) in [4.78, 5) is 23.4. The standard InChI is InChI=1S/C19H23NO5/c1-4-16-15(19(22)23)11-17(25-16)18(21)20-12(2)5-6-13-7-9-14(24-3)10-8-13/h7-12H,4-6H2,1-3H3,(H,20,21)(H,22,23). The molecule has 2 rings (SSSR count). The molecule has 0 spiro atoms. The second-order valence-corrected chi connectivity index (χ2v) is 5.87. The summed E-state index contributed by atoms with van der Waals surface area (Å²) in [7, 11) is 1.63. The van der Waals surface area contributed by atoms with Gasteiger partial charge in [0.15, 0.2) is 5.76 Å². The highest BCUT2D eigenvalue weighted by Gasteiger charge is 2.20. The Morgan fingerprint density at radius 2 is 1.96 bits per heavy atom. The van der Waals surface area contributed by atoms with Crippen LogP contribution in [0.5, 0.6) is 5.75 Å². The molecule has 25 heavy (non-hydrogen) atoms. The fourth-order valence-electron chi connectivity index (χ4n) is 2.53.